The van der Waals surface area contributed by atoms with Gasteiger partial charge in [-0.25, -0.2) is 4.39 Å². The number of rotatable bonds is 8. The van der Waals surface area contributed by atoms with Gasteiger partial charge in [-0.3, -0.25) is 9.69 Å². The lowest BCUT2D eigenvalue weighted by atomic mass is 9.84. The van der Waals surface area contributed by atoms with Crippen LogP contribution in [0.5, 0.6) is 0 Å². The lowest BCUT2D eigenvalue weighted by Gasteiger charge is -2.37. The Balaban J connectivity index is 1.37. The maximum Gasteiger partial charge on any atom is 0.419 e. The van der Waals surface area contributed by atoms with E-state index in [0.29, 0.717) is 32.1 Å². The lowest BCUT2D eigenvalue weighted by molar-refractivity contribution is -0.140. The van der Waals surface area contributed by atoms with Crippen LogP contribution in [0.3, 0.4) is 0 Å². The molecule has 1 aromatic rings. The maximum absolute atomic E-state index is 14.4. The zero-order chi connectivity index (χ0) is 24.0. The van der Waals surface area contributed by atoms with Crippen LogP contribution in [0.25, 0.3) is 0 Å². The van der Waals surface area contributed by atoms with Gasteiger partial charge in [-0.05, 0) is 63.6 Å². The van der Waals surface area contributed by atoms with Gasteiger partial charge >= 0.3 is 6.18 Å². The number of hydrogen-bond donors (Lipinski definition) is 1. The Hall–Kier alpha value is -2.16. The molecule has 0 radical (unpaired) electrons. The summed E-state index contributed by atoms with van der Waals surface area (Å²) in [6.07, 6.45) is 0.875. The summed E-state index contributed by atoms with van der Waals surface area (Å²) < 4.78 is 53.4. The van der Waals surface area contributed by atoms with Gasteiger partial charge in [0.1, 0.15) is 5.78 Å². The second-order valence-electron chi connectivity index (χ2n) is 9.24. The molecule has 5 nitrogen and oxygen atoms in total. The number of carbonyl (C=O) groups excluding carboxylic acids is 2. The number of nitrogens with zero attached hydrogens (tertiary/aromatic N) is 2. The number of amides is 1. The molecule has 1 amide bonds. The minimum absolute atomic E-state index is 0.0214. The van der Waals surface area contributed by atoms with Crippen molar-refractivity contribution in [1.29, 1.82) is 0 Å². The van der Waals surface area contributed by atoms with E-state index in [1.807, 2.05) is 0 Å². The summed E-state index contributed by atoms with van der Waals surface area (Å²) in [5.74, 6) is -0.628. The average molecular weight is 472 g/mol. The molecular weight excluding hydrogens is 438 g/mol. The van der Waals surface area contributed by atoms with E-state index in [9.17, 15) is 27.2 Å². The average Bonchev–Trinajstić information content (AvgIpc) is 2.77. The number of piperazine rings is 1. The molecule has 184 valence electrons. The Bertz CT molecular complexity index is 814. The fourth-order valence-corrected chi connectivity index (χ4v) is 4.75. The van der Waals surface area contributed by atoms with Gasteiger partial charge < -0.3 is 15.0 Å². The van der Waals surface area contributed by atoms with Crippen LogP contribution in [0, 0.1) is 11.7 Å². The minimum Gasteiger partial charge on any atom is -0.367 e. The number of alkyl halides is 3. The van der Waals surface area contributed by atoms with Crippen molar-refractivity contribution in [2.45, 2.75) is 64.1 Å². The highest BCUT2D eigenvalue weighted by atomic mass is 19.4. The maximum atomic E-state index is 14.4. The van der Waals surface area contributed by atoms with E-state index in [1.54, 1.807) is 4.90 Å². The Morgan fingerprint density at radius 2 is 1.70 bits per heavy atom. The fraction of sp³-hybridized carbons (Fsp3) is 0.667. The van der Waals surface area contributed by atoms with Crippen molar-refractivity contribution < 1.29 is 27.2 Å². The highest BCUT2D eigenvalue weighted by Gasteiger charge is 2.36. The molecule has 0 aromatic heterocycles. The summed E-state index contributed by atoms with van der Waals surface area (Å²) in [6.45, 7) is 4.78. The van der Waals surface area contributed by atoms with Gasteiger partial charge in [0.2, 0.25) is 5.91 Å². The van der Waals surface area contributed by atoms with Crippen LogP contribution in [0.15, 0.2) is 18.2 Å². The second-order valence-corrected chi connectivity index (χ2v) is 9.24. The van der Waals surface area contributed by atoms with Crippen molar-refractivity contribution in [2.75, 3.05) is 37.6 Å². The molecule has 9 heteroatoms. The molecule has 1 saturated heterocycles. The number of Topliss-reactive ketones (excluding diaryl/α,β-unsaturated/α-hetero) is 1. The quantitative estimate of drug-likeness (QED) is 0.571. The summed E-state index contributed by atoms with van der Waals surface area (Å²) in [4.78, 5) is 26.9. The van der Waals surface area contributed by atoms with Crippen LogP contribution >= 0.6 is 0 Å². The molecule has 3 rings (SSSR count). The van der Waals surface area contributed by atoms with Crippen LogP contribution in [0.1, 0.15) is 57.4 Å². The SMILES string of the molecule is CC(=O)CCC(=O)N[C@H]1CC[C@H](CCN2CCN(c3cccc(C(F)(F)F)c3F)CC2)CC1. The van der Waals surface area contributed by atoms with E-state index < -0.39 is 17.6 Å². The molecule has 0 spiro atoms. The first kappa shape index (κ1) is 25.5. The molecular formula is C24H33F4N3O2. The van der Waals surface area contributed by atoms with Gasteiger partial charge in [0, 0.05) is 45.1 Å². The van der Waals surface area contributed by atoms with Crippen molar-refractivity contribution in [1.82, 2.24) is 10.2 Å². The van der Waals surface area contributed by atoms with Gasteiger partial charge in [-0.15, -0.1) is 0 Å². The molecule has 2 fully saturated rings. The van der Waals surface area contributed by atoms with Crippen LogP contribution in [-0.2, 0) is 15.8 Å². The van der Waals surface area contributed by atoms with E-state index in [2.05, 4.69) is 10.2 Å². The van der Waals surface area contributed by atoms with Crippen LogP contribution in [0.4, 0.5) is 23.2 Å². The molecule has 0 unspecified atom stereocenters. The smallest absolute Gasteiger partial charge is 0.367 e. The second kappa shape index (κ2) is 11.3. The molecule has 0 bridgehead atoms. The molecule has 33 heavy (non-hydrogen) atoms. The van der Waals surface area contributed by atoms with Crippen molar-refractivity contribution in [2.24, 2.45) is 5.92 Å². The number of ketones is 1. The van der Waals surface area contributed by atoms with Gasteiger partial charge in [-0.1, -0.05) is 6.07 Å². The summed E-state index contributed by atoms with van der Waals surface area (Å²) in [5, 5.41) is 3.03. The van der Waals surface area contributed by atoms with Gasteiger partial charge in [-0.2, -0.15) is 13.2 Å². The van der Waals surface area contributed by atoms with Gasteiger partial charge in [0.05, 0.1) is 11.3 Å². The normalized spacial score (nSPS) is 22.3. The molecule has 1 aliphatic carbocycles. The first-order valence-electron chi connectivity index (χ1n) is 11.7. The van der Waals surface area contributed by atoms with E-state index in [1.165, 1.54) is 19.1 Å². The third-order valence-corrected chi connectivity index (χ3v) is 6.77. The monoisotopic (exact) mass is 471 g/mol. The van der Waals surface area contributed by atoms with Crippen LogP contribution in [-0.4, -0.2) is 55.4 Å². The lowest BCUT2D eigenvalue weighted by Crippen LogP contribution is -2.47. The Labute approximate surface area is 192 Å². The summed E-state index contributed by atoms with van der Waals surface area (Å²) in [7, 11) is 0. The van der Waals surface area contributed by atoms with E-state index >= 15 is 0 Å². The summed E-state index contributed by atoms with van der Waals surface area (Å²) in [5.41, 5.74) is -1.19. The standard InChI is InChI=1S/C24H33F4N3O2/c1-17(32)5-10-22(33)29-19-8-6-18(7-9-19)11-12-30-13-15-31(16-14-30)21-4-2-3-20(23(21)25)24(26,27)28/h2-4,18-19H,5-16H2,1H3,(H,29,33)/t18-,19-. The minimum atomic E-state index is -4.70. The van der Waals surface area contributed by atoms with Crippen molar-refractivity contribution >= 4 is 17.4 Å². The first-order valence-corrected chi connectivity index (χ1v) is 11.7. The molecule has 1 saturated carbocycles. The van der Waals surface area contributed by atoms with Gasteiger partial charge in [0.25, 0.3) is 0 Å². The third kappa shape index (κ3) is 7.42. The van der Waals surface area contributed by atoms with E-state index in [0.717, 1.165) is 44.7 Å². The van der Waals surface area contributed by atoms with Crippen LogP contribution in [0.2, 0.25) is 0 Å². The predicted molar refractivity (Wildman–Crippen MR) is 118 cm³/mol. The molecule has 1 N–H and O–H groups in total. The zero-order valence-electron chi connectivity index (χ0n) is 19.1. The van der Waals surface area contributed by atoms with E-state index in [-0.39, 0.29) is 36.3 Å². The van der Waals surface area contributed by atoms with Crippen molar-refractivity contribution in [3.63, 3.8) is 0 Å². The molecule has 1 aliphatic heterocycles. The molecule has 2 aliphatic rings. The fourth-order valence-electron chi connectivity index (χ4n) is 4.75. The molecule has 1 aromatic carbocycles. The van der Waals surface area contributed by atoms with Crippen molar-refractivity contribution in [3.8, 4) is 0 Å². The Morgan fingerprint density at radius 3 is 2.30 bits per heavy atom. The predicted octanol–water partition coefficient (Wildman–Crippen LogP) is 4.40. The number of halogens is 4. The zero-order valence-corrected chi connectivity index (χ0v) is 19.1. The number of nitrogens with one attached hydrogen (secondary N) is 1. The first-order chi connectivity index (χ1) is 15.6. The Morgan fingerprint density at radius 1 is 1.03 bits per heavy atom. The van der Waals surface area contributed by atoms with Gasteiger partial charge in [0.15, 0.2) is 5.82 Å². The highest BCUT2D eigenvalue weighted by molar-refractivity contribution is 5.83. The molecule has 1 heterocycles. The summed E-state index contributed by atoms with van der Waals surface area (Å²) in [6, 6.07) is 3.64. The largest absolute Gasteiger partial charge is 0.419 e. The van der Waals surface area contributed by atoms with E-state index in [4.69, 9.17) is 0 Å². The van der Waals surface area contributed by atoms with Crippen molar-refractivity contribution in [3.05, 3.63) is 29.6 Å². The topological polar surface area (TPSA) is 52.7 Å². The number of anilines is 1. The summed E-state index contributed by atoms with van der Waals surface area (Å²) >= 11 is 0. The Kier molecular flexibility index (Phi) is 8.73. The molecule has 0 atom stereocenters. The number of carbonyl (C=O) groups is 2. The highest BCUT2D eigenvalue weighted by Crippen LogP contribution is 2.35. The number of benzene rings is 1. The number of hydrogen-bond acceptors (Lipinski definition) is 4. The third-order valence-electron chi connectivity index (χ3n) is 6.77. The van der Waals surface area contributed by atoms with Crippen LogP contribution < -0.4 is 10.2 Å².